The third-order valence-electron chi connectivity index (χ3n) is 3.06. The Morgan fingerprint density at radius 3 is 2.86 bits per heavy atom. The number of aryl methyl sites for hydroxylation is 2. The molecule has 0 fully saturated rings. The Hall–Kier alpha value is -2.08. The van der Waals surface area contributed by atoms with Crippen LogP contribution in [0.4, 0.5) is 0 Å². The quantitative estimate of drug-likeness (QED) is 0.687. The second-order valence-electron chi connectivity index (χ2n) is 4.86. The summed E-state index contributed by atoms with van der Waals surface area (Å²) in [5.41, 5.74) is 2.32. The smallest absolute Gasteiger partial charge is 0.239 e. The number of hydrogen-bond acceptors (Lipinski definition) is 5. The first kappa shape index (κ1) is 13.9. The Balaban J connectivity index is 1.86. The predicted molar refractivity (Wildman–Crippen MR) is 81.6 cm³/mol. The minimum absolute atomic E-state index is 0.0529. The topological polar surface area (TPSA) is 56.7 Å². The molecule has 1 unspecified atom stereocenters. The summed E-state index contributed by atoms with van der Waals surface area (Å²) >= 11 is 1.60. The van der Waals surface area contributed by atoms with Crippen LogP contribution in [0, 0.1) is 13.8 Å². The van der Waals surface area contributed by atoms with E-state index in [0.717, 1.165) is 10.8 Å². The second-order valence-corrected chi connectivity index (χ2v) is 6.17. The molecule has 21 heavy (non-hydrogen) atoms. The van der Waals surface area contributed by atoms with Crippen LogP contribution in [0.3, 0.4) is 0 Å². The van der Waals surface area contributed by atoms with Crippen molar-refractivity contribution in [1.82, 2.24) is 19.7 Å². The van der Waals surface area contributed by atoms with Crippen molar-refractivity contribution in [1.29, 1.82) is 0 Å². The molecule has 108 valence electrons. The largest absolute Gasteiger partial charge is 0.338 e. The van der Waals surface area contributed by atoms with Crippen molar-refractivity contribution in [2.24, 2.45) is 0 Å². The van der Waals surface area contributed by atoms with Crippen LogP contribution in [0.25, 0.3) is 5.69 Å². The van der Waals surface area contributed by atoms with E-state index in [1.54, 1.807) is 18.0 Å². The molecule has 1 aromatic carbocycles. The van der Waals surface area contributed by atoms with Gasteiger partial charge in [0, 0.05) is 18.1 Å². The van der Waals surface area contributed by atoms with Gasteiger partial charge in [-0.05, 0) is 38.5 Å². The van der Waals surface area contributed by atoms with Crippen LogP contribution in [0.15, 0.2) is 46.3 Å². The van der Waals surface area contributed by atoms with Gasteiger partial charge < -0.3 is 4.52 Å². The summed E-state index contributed by atoms with van der Waals surface area (Å²) < 4.78 is 7.29. The molecule has 0 bridgehead atoms. The Kier molecular flexibility index (Phi) is 3.79. The Morgan fingerprint density at radius 2 is 2.14 bits per heavy atom. The highest BCUT2D eigenvalue weighted by molar-refractivity contribution is 7.99. The van der Waals surface area contributed by atoms with Gasteiger partial charge >= 0.3 is 0 Å². The van der Waals surface area contributed by atoms with Gasteiger partial charge in [0.05, 0.1) is 5.25 Å². The van der Waals surface area contributed by atoms with Gasteiger partial charge in [-0.25, -0.2) is 4.98 Å². The molecule has 0 spiro atoms. The predicted octanol–water partition coefficient (Wildman–Crippen LogP) is 3.73. The van der Waals surface area contributed by atoms with Crippen molar-refractivity contribution in [3.63, 3.8) is 0 Å². The van der Waals surface area contributed by atoms with Gasteiger partial charge in [0.1, 0.15) is 0 Å². The second kappa shape index (κ2) is 5.73. The molecule has 0 radical (unpaired) electrons. The number of rotatable bonds is 4. The van der Waals surface area contributed by atoms with E-state index in [9.17, 15) is 0 Å². The van der Waals surface area contributed by atoms with E-state index in [1.807, 2.05) is 26.1 Å². The van der Waals surface area contributed by atoms with Gasteiger partial charge in [-0.2, -0.15) is 4.98 Å². The molecular formula is C15H16N4OS. The van der Waals surface area contributed by atoms with Gasteiger partial charge in [0.15, 0.2) is 11.0 Å². The molecule has 0 aliphatic heterocycles. The summed E-state index contributed by atoms with van der Waals surface area (Å²) in [5, 5.41) is 4.79. The van der Waals surface area contributed by atoms with Crippen LogP contribution in [-0.2, 0) is 0 Å². The summed E-state index contributed by atoms with van der Waals surface area (Å²) in [6, 6.07) is 8.33. The Labute approximate surface area is 127 Å². The summed E-state index contributed by atoms with van der Waals surface area (Å²) in [6.07, 6.45) is 3.76. The highest BCUT2D eigenvalue weighted by atomic mass is 32.2. The molecule has 0 amide bonds. The maximum Gasteiger partial charge on any atom is 0.239 e. The maximum atomic E-state index is 5.22. The third kappa shape index (κ3) is 3.00. The summed E-state index contributed by atoms with van der Waals surface area (Å²) in [5.74, 6) is 1.27. The molecule has 3 rings (SSSR count). The lowest BCUT2D eigenvalue weighted by Crippen LogP contribution is -1.98. The van der Waals surface area contributed by atoms with Crippen LogP contribution < -0.4 is 0 Å². The van der Waals surface area contributed by atoms with Gasteiger partial charge in [-0.15, -0.1) is 0 Å². The fourth-order valence-electron chi connectivity index (χ4n) is 2.04. The Morgan fingerprint density at radius 1 is 1.29 bits per heavy atom. The van der Waals surface area contributed by atoms with Crippen molar-refractivity contribution in [3.8, 4) is 5.69 Å². The van der Waals surface area contributed by atoms with Crippen LogP contribution in [0.1, 0.15) is 29.5 Å². The molecule has 0 aliphatic carbocycles. The number of aromatic nitrogens is 4. The Bertz CT molecular complexity index is 749. The molecule has 0 N–H and O–H groups in total. The average Bonchev–Trinajstić information content (AvgIpc) is 3.08. The van der Waals surface area contributed by atoms with Crippen LogP contribution in [-0.4, -0.2) is 19.7 Å². The van der Waals surface area contributed by atoms with Gasteiger partial charge in [0.25, 0.3) is 0 Å². The molecule has 2 heterocycles. The summed E-state index contributed by atoms with van der Waals surface area (Å²) in [7, 11) is 0. The minimum Gasteiger partial charge on any atom is -0.338 e. The minimum atomic E-state index is 0.0529. The van der Waals surface area contributed by atoms with E-state index in [2.05, 4.69) is 44.8 Å². The molecule has 0 saturated carbocycles. The van der Waals surface area contributed by atoms with E-state index < -0.39 is 0 Å². The molecule has 5 nitrogen and oxygen atoms in total. The number of benzene rings is 1. The number of imidazole rings is 1. The number of hydrogen-bond donors (Lipinski definition) is 0. The normalized spacial score (nSPS) is 12.5. The van der Waals surface area contributed by atoms with Crippen molar-refractivity contribution >= 4 is 11.8 Å². The third-order valence-corrected chi connectivity index (χ3v) is 4.13. The first-order chi connectivity index (χ1) is 10.1. The van der Waals surface area contributed by atoms with E-state index in [0.29, 0.717) is 11.7 Å². The monoisotopic (exact) mass is 300 g/mol. The van der Waals surface area contributed by atoms with E-state index in [1.165, 1.54) is 5.56 Å². The number of thioether (sulfide) groups is 1. The average molecular weight is 300 g/mol. The van der Waals surface area contributed by atoms with Gasteiger partial charge in [0.2, 0.25) is 5.89 Å². The molecule has 0 saturated heterocycles. The molecule has 6 heteroatoms. The lowest BCUT2D eigenvalue weighted by molar-refractivity contribution is 0.376. The molecule has 0 aliphatic rings. The first-order valence-electron chi connectivity index (χ1n) is 6.71. The lowest BCUT2D eigenvalue weighted by atomic mass is 10.2. The van der Waals surface area contributed by atoms with Crippen molar-refractivity contribution in [3.05, 3.63) is 53.9 Å². The van der Waals surface area contributed by atoms with Crippen molar-refractivity contribution in [2.75, 3.05) is 0 Å². The summed E-state index contributed by atoms with van der Waals surface area (Å²) in [4.78, 5) is 8.70. The molecular weight excluding hydrogens is 284 g/mol. The molecule has 1 atom stereocenters. The fraction of sp³-hybridized carbons (Fsp3) is 0.267. The van der Waals surface area contributed by atoms with E-state index in [4.69, 9.17) is 4.52 Å². The zero-order valence-electron chi connectivity index (χ0n) is 12.1. The zero-order valence-corrected chi connectivity index (χ0v) is 13.0. The lowest BCUT2D eigenvalue weighted by Gasteiger charge is -2.10. The van der Waals surface area contributed by atoms with Crippen LogP contribution in [0.5, 0.6) is 0 Å². The maximum absolute atomic E-state index is 5.22. The van der Waals surface area contributed by atoms with Gasteiger partial charge in [-0.1, -0.05) is 29.1 Å². The van der Waals surface area contributed by atoms with Gasteiger partial charge in [-0.3, -0.25) is 4.57 Å². The fourth-order valence-corrected chi connectivity index (χ4v) is 2.95. The highest BCUT2D eigenvalue weighted by Crippen LogP contribution is 2.33. The number of nitrogens with zero attached hydrogens (tertiary/aromatic N) is 4. The SMILES string of the molecule is Cc1cccc(-n2ccnc2SC(C)c2nc(C)no2)c1. The molecule has 3 aromatic rings. The van der Waals surface area contributed by atoms with E-state index >= 15 is 0 Å². The first-order valence-corrected chi connectivity index (χ1v) is 7.58. The van der Waals surface area contributed by atoms with Crippen LogP contribution >= 0.6 is 11.8 Å². The van der Waals surface area contributed by atoms with E-state index in [-0.39, 0.29) is 5.25 Å². The van der Waals surface area contributed by atoms with Crippen molar-refractivity contribution < 1.29 is 4.52 Å². The standard InChI is InChI=1S/C15H16N4OS/c1-10-5-4-6-13(9-10)19-8-7-16-15(19)21-11(2)14-17-12(3)18-20-14/h4-9,11H,1-3H3. The molecule has 2 aromatic heterocycles. The summed E-state index contributed by atoms with van der Waals surface area (Å²) in [6.45, 7) is 5.93. The zero-order chi connectivity index (χ0) is 14.8. The van der Waals surface area contributed by atoms with Crippen molar-refractivity contribution in [2.45, 2.75) is 31.2 Å². The highest BCUT2D eigenvalue weighted by Gasteiger charge is 2.17. The van der Waals surface area contributed by atoms with Crippen LogP contribution in [0.2, 0.25) is 0 Å².